The smallest absolute Gasteiger partial charge is 0.0880 e. The van der Waals surface area contributed by atoms with E-state index in [0.717, 1.165) is 0 Å². The van der Waals surface area contributed by atoms with Gasteiger partial charge in [0.2, 0.25) is 0 Å². The molecular weight excluding hydrogens is 140 g/mol. The van der Waals surface area contributed by atoms with Crippen molar-refractivity contribution in [3.63, 3.8) is 0 Å². The Morgan fingerprint density at radius 3 is 2.55 bits per heavy atom. The van der Waals surface area contributed by atoms with Crippen LogP contribution in [0.25, 0.3) is 0 Å². The van der Waals surface area contributed by atoms with Crippen LogP contribution in [0.1, 0.15) is 26.7 Å². The van der Waals surface area contributed by atoms with E-state index in [4.69, 9.17) is 11.2 Å². The molecule has 0 saturated heterocycles. The molecule has 0 aromatic carbocycles. The molecular formula is C9H16O2. The molecule has 0 aliphatic rings. The monoisotopic (exact) mass is 156 g/mol. The van der Waals surface area contributed by atoms with E-state index in [9.17, 15) is 5.11 Å². The number of ether oxygens (including phenoxy) is 1. The fraction of sp³-hybridized carbons (Fsp3) is 0.778. The van der Waals surface area contributed by atoms with E-state index < -0.39 is 11.7 Å². The van der Waals surface area contributed by atoms with Crippen LogP contribution in [0.5, 0.6) is 0 Å². The van der Waals surface area contributed by atoms with E-state index in [1.165, 1.54) is 0 Å². The van der Waals surface area contributed by atoms with Crippen LogP contribution >= 0.6 is 0 Å². The van der Waals surface area contributed by atoms with Gasteiger partial charge in [-0.25, -0.2) is 0 Å². The molecule has 0 rings (SSSR count). The third kappa shape index (κ3) is 3.41. The summed E-state index contributed by atoms with van der Waals surface area (Å²) in [5.74, 6) is 2.48. The Bertz CT molecular complexity index is 144. The first-order valence-corrected chi connectivity index (χ1v) is 3.71. The molecule has 0 amide bonds. The molecule has 0 fully saturated rings. The van der Waals surface area contributed by atoms with Gasteiger partial charge < -0.3 is 9.84 Å². The molecule has 0 spiro atoms. The molecule has 0 radical (unpaired) electrons. The predicted octanol–water partition coefficient (Wildman–Crippen LogP) is 1.19. The summed E-state index contributed by atoms with van der Waals surface area (Å²) in [6.07, 6.45) is 5.76. The summed E-state index contributed by atoms with van der Waals surface area (Å²) in [5, 5.41) is 9.49. The highest BCUT2D eigenvalue weighted by atomic mass is 16.5. The minimum absolute atomic E-state index is 0.483. The van der Waals surface area contributed by atoms with Gasteiger partial charge in [-0.05, 0) is 20.3 Å². The van der Waals surface area contributed by atoms with Crippen molar-refractivity contribution in [3.05, 3.63) is 0 Å². The fourth-order valence-corrected chi connectivity index (χ4v) is 0.704. The van der Waals surface area contributed by atoms with Crippen LogP contribution < -0.4 is 0 Å². The largest absolute Gasteiger partial charge is 0.390 e. The van der Waals surface area contributed by atoms with Gasteiger partial charge in [-0.2, -0.15) is 0 Å². The number of terminal acetylenes is 1. The predicted molar refractivity (Wildman–Crippen MR) is 45.2 cm³/mol. The van der Waals surface area contributed by atoms with E-state index >= 15 is 0 Å². The summed E-state index contributed by atoms with van der Waals surface area (Å²) in [4.78, 5) is 0. The first kappa shape index (κ1) is 10.5. The lowest BCUT2D eigenvalue weighted by atomic mass is 9.97. The van der Waals surface area contributed by atoms with Gasteiger partial charge in [-0.15, -0.1) is 12.3 Å². The topological polar surface area (TPSA) is 29.5 Å². The molecule has 2 heteroatoms. The van der Waals surface area contributed by atoms with Crippen molar-refractivity contribution in [2.24, 2.45) is 0 Å². The van der Waals surface area contributed by atoms with Crippen LogP contribution in [0.3, 0.4) is 0 Å². The number of hydrogen-bond acceptors (Lipinski definition) is 2. The van der Waals surface area contributed by atoms with Crippen LogP contribution in [0.15, 0.2) is 0 Å². The van der Waals surface area contributed by atoms with Crippen LogP contribution in [0, 0.1) is 12.3 Å². The maximum Gasteiger partial charge on any atom is 0.0880 e. The van der Waals surface area contributed by atoms with Crippen molar-refractivity contribution in [2.45, 2.75) is 38.4 Å². The number of aliphatic hydroxyl groups excluding tert-OH is 1. The standard InChI is InChI=1S/C9H16O2/c1-5-6-7-8(10)9(2,3)11-4/h1,8,10H,6-7H2,2-4H3. The Balaban J connectivity index is 3.83. The summed E-state index contributed by atoms with van der Waals surface area (Å²) >= 11 is 0. The summed E-state index contributed by atoms with van der Waals surface area (Å²) in [6.45, 7) is 3.68. The van der Waals surface area contributed by atoms with Gasteiger partial charge in [0.15, 0.2) is 0 Å². The fourth-order valence-electron chi connectivity index (χ4n) is 0.704. The van der Waals surface area contributed by atoms with Crippen molar-refractivity contribution in [2.75, 3.05) is 7.11 Å². The number of rotatable bonds is 4. The van der Waals surface area contributed by atoms with Crippen molar-refractivity contribution in [1.82, 2.24) is 0 Å². The second kappa shape index (κ2) is 4.38. The van der Waals surface area contributed by atoms with E-state index in [1.807, 2.05) is 13.8 Å². The molecule has 1 N–H and O–H groups in total. The minimum atomic E-state index is -0.489. The molecule has 0 heterocycles. The third-order valence-corrected chi connectivity index (χ3v) is 1.89. The second-order valence-electron chi connectivity index (χ2n) is 3.07. The van der Waals surface area contributed by atoms with Crippen molar-refractivity contribution in [1.29, 1.82) is 0 Å². The Hall–Kier alpha value is -0.520. The molecule has 11 heavy (non-hydrogen) atoms. The minimum Gasteiger partial charge on any atom is -0.390 e. The second-order valence-corrected chi connectivity index (χ2v) is 3.07. The SMILES string of the molecule is C#CCCC(O)C(C)(C)OC. The zero-order valence-corrected chi connectivity index (χ0v) is 7.42. The van der Waals surface area contributed by atoms with E-state index in [2.05, 4.69) is 5.92 Å². The highest BCUT2D eigenvalue weighted by Crippen LogP contribution is 2.17. The summed E-state index contributed by atoms with van der Waals surface area (Å²) in [5.41, 5.74) is -0.489. The Labute approximate surface area is 68.6 Å². The number of methoxy groups -OCH3 is 1. The Morgan fingerprint density at radius 2 is 2.18 bits per heavy atom. The molecule has 0 aliphatic carbocycles. The average Bonchev–Trinajstić information content (AvgIpc) is 2.00. The van der Waals surface area contributed by atoms with Gasteiger partial charge >= 0.3 is 0 Å². The van der Waals surface area contributed by atoms with Crippen molar-refractivity contribution >= 4 is 0 Å². The van der Waals surface area contributed by atoms with E-state index in [1.54, 1.807) is 7.11 Å². The zero-order chi connectivity index (χ0) is 8.91. The Morgan fingerprint density at radius 1 is 1.64 bits per heavy atom. The highest BCUT2D eigenvalue weighted by Gasteiger charge is 2.26. The van der Waals surface area contributed by atoms with Crippen LogP contribution in [0.2, 0.25) is 0 Å². The van der Waals surface area contributed by atoms with Gasteiger partial charge in [0, 0.05) is 13.5 Å². The molecule has 0 aromatic rings. The lowest BCUT2D eigenvalue weighted by Crippen LogP contribution is -2.37. The van der Waals surface area contributed by atoms with Gasteiger partial charge in [0.25, 0.3) is 0 Å². The average molecular weight is 156 g/mol. The summed E-state index contributed by atoms with van der Waals surface area (Å²) in [7, 11) is 1.58. The zero-order valence-electron chi connectivity index (χ0n) is 7.42. The van der Waals surface area contributed by atoms with Gasteiger partial charge in [-0.1, -0.05) is 0 Å². The summed E-state index contributed by atoms with van der Waals surface area (Å²) in [6, 6.07) is 0. The molecule has 2 nitrogen and oxygen atoms in total. The molecule has 0 saturated carbocycles. The van der Waals surface area contributed by atoms with Gasteiger partial charge in [0.1, 0.15) is 0 Å². The van der Waals surface area contributed by atoms with Gasteiger partial charge in [-0.3, -0.25) is 0 Å². The normalized spacial score (nSPS) is 14.1. The molecule has 0 aromatic heterocycles. The lowest BCUT2D eigenvalue weighted by molar-refractivity contribution is -0.0793. The van der Waals surface area contributed by atoms with Crippen molar-refractivity contribution in [3.8, 4) is 12.3 Å². The van der Waals surface area contributed by atoms with Crippen molar-refractivity contribution < 1.29 is 9.84 Å². The first-order chi connectivity index (χ1) is 5.04. The number of aliphatic hydroxyl groups is 1. The van der Waals surface area contributed by atoms with Crippen LogP contribution in [-0.4, -0.2) is 23.9 Å². The molecule has 0 bridgehead atoms. The van der Waals surface area contributed by atoms with E-state index in [-0.39, 0.29) is 0 Å². The van der Waals surface area contributed by atoms with Crippen LogP contribution in [0.4, 0.5) is 0 Å². The Kier molecular flexibility index (Phi) is 4.17. The molecule has 0 aliphatic heterocycles. The molecule has 1 unspecified atom stereocenters. The van der Waals surface area contributed by atoms with Gasteiger partial charge in [0.05, 0.1) is 11.7 Å². The number of hydrogen-bond donors (Lipinski definition) is 1. The highest BCUT2D eigenvalue weighted by molar-refractivity contribution is 4.88. The maximum atomic E-state index is 9.49. The summed E-state index contributed by atoms with van der Waals surface area (Å²) < 4.78 is 5.08. The quantitative estimate of drug-likeness (QED) is 0.619. The molecule has 1 atom stereocenters. The first-order valence-electron chi connectivity index (χ1n) is 3.71. The van der Waals surface area contributed by atoms with E-state index in [0.29, 0.717) is 12.8 Å². The lowest BCUT2D eigenvalue weighted by Gasteiger charge is -2.28. The third-order valence-electron chi connectivity index (χ3n) is 1.89. The van der Waals surface area contributed by atoms with Crippen LogP contribution in [-0.2, 0) is 4.74 Å². The molecule has 64 valence electrons. The maximum absolute atomic E-state index is 9.49.